The van der Waals surface area contributed by atoms with Crippen molar-refractivity contribution in [2.75, 3.05) is 11.9 Å². The number of para-hydroxylation sites is 1. The molecule has 0 aliphatic carbocycles. The lowest BCUT2D eigenvalue weighted by Gasteiger charge is -2.06. The zero-order chi connectivity index (χ0) is 11.1. The van der Waals surface area contributed by atoms with Crippen molar-refractivity contribution in [3.05, 3.63) is 42.5 Å². The van der Waals surface area contributed by atoms with Crippen LogP contribution in [0.3, 0.4) is 0 Å². The summed E-state index contributed by atoms with van der Waals surface area (Å²) in [5, 5.41) is 13.6. The van der Waals surface area contributed by atoms with Gasteiger partial charge in [-0.15, -0.1) is 6.58 Å². The van der Waals surface area contributed by atoms with E-state index < -0.39 is 0 Å². The van der Waals surface area contributed by atoms with Gasteiger partial charge in [-0.3, -0.25) is 10.1 Å². The molecule has 0 saturated heterocycles. The summed E-state index contributed by atoms with van der Waals surface area (Å²) in [4.78, 5) is 11.6. The highest BCUT2D eigenvalue weighted by Gasteiger charge is 2.08. The van der Waals surface area contributed by atoms with Crippen molar-refractivity contribution in [2.45, 2.75) is 0 Å². The number of hydrogen-bond donors (Lipinski definition) is 2. The van der Waals surface area contributed by atoms with Crippen LogP contribution in [0, 0.1) is 11.5 Å². The predicted molar refractivity (Wildman–Crippen MR) is 58.2 cm³/mol. The summed E-state index contributed by atoms with van der Waals surface area (Å²) in [5.41, 5.74) is 0.947. The van der Waals surface area contributed by atoms with E-state index >= 15 is 0 Å². The average Bonchev–Trinajstić information content (AvgIpc) is 2.27. The Bertz CT molecular complexity index is 407. The molecule has 4 heteroatoms. The molecule has 4 nitrogen and oxygen atoms in total. The maximum atomic E-state index is 11.6. The molecule has 0 atom stereocenters. The number of nitrogens with one attached hydrogen (secondary N) is 2. The lowest BCUT2D eigenvalue weighted by Crippen LogP contribution is -2.23. The molecular weight excluding hydrogens is 190 g/mol. The minimum atomic E-state index is -0.228. The number of nitrogens with zero attached hydrogens (tertiary/aromatic N) is 1. The third kappa shape index (κ3) is 2.85. The molecule has 0 bridgehead atoms. The summed E-state index contributed by atoms with van der Waals surface area (Å²) in [6, 6.07) is 6.82. The van der Waals surface area contributed by atoms with Gasteiger partial charge < -0.3 is 5.32 Å². The molecule has 0 unspecified atom stereocenters. The highest BCUT2D eigenvalue weighted by molar-refractivity contribution is 5.99. The first-order valence-electron chi connectivity index (χ1n) is 4.43. The van der Waals surface area contributed by atoms with Crippen molar-refractivity contribution >= 4 is 11.6 Å². The first-order valence-corrected chi connectivity index (χ1v) is 4.43. The van der Waals surface area contributed by atoms with Crippen molar-refractivity contribution in [1.29, 1.82) is 5.26 Å². The van der Waals surface area contributed by atoms with Crippen LogP contribution in [0.5, 0.6) is 0 Å². The summed E-state index contributed by atoms with van der Waals surface area (Å²) in [5.74, 6) is -0.228. The van der Waals surface area contributed by atoms with Crippen molar-refractivity contribution in [3.8, 4) is 6.19 Å². The number of benzene rings is 1. The van der Waals surface area contributed by atoms with Gasteiger partial charge in [0.1, 0.15) is 0 Å². The van der Waals surface area contributed by atoms with Crippen LogP contribution in [-0.2, 0) is 0 Å². The molecule has 76 valence electrons. The molecule has 0 aliphatic heterocycles. The minimum Gasteiger partial charge on any atom is -0.349 e. The standard InChI is InChI=1S/C11H11N3O/c1-2-7-13-11(15)9-5-3-4-6-10(9)14-8-12/h2-6,14H,1,7H2,(H,13,15). The Labute approximate surface area is 88.2 Å². The van der Waals surface area contributed by atoms with E-state index in [1.165, 1.54) is 0 Å². The Morgan fingerprint density at radius 1 is 1.53 bits per heavy atom. The fraction of sp³-hybridized carbons (Fsp3) is 0.0909. The second kappa shape index (κ2) is 5.45. The van der Waals surface area contributed by atoms with Crippen molar-refractivity contribution < 1.29 is 4.79 Å². The predicted octanol–water partition coefficient (Wildman–Crippen LogP) is 1.50. The lowest BCUT2D eigenvalue weighted by atomic mass is 10.1. The summed E-state index contributed by atoms with van der Waals surface area (Å²) < 4.78 is 0. The van der Waals surface area contributed by atoms with Crippen LogP contribution in [0.1, 0.15) is 10.4 Å². The topological polar surface area (TPSA) is 64.9 Å². The van der Waals surface area contributed by atoms with Crippen molar-refractivity contribution in [2.24, 2.45) is 0 Å². The van der Waals surface area contributed by atoms with E-state index in [1.807, 2.05) is 0 Å². The SMILES string of the molecule is C=CCNC(=O)c1ccccc1NC#N. The summed E-state index contributed by atoms with van der Waals surface area (Å²) in [6.07, 6.45) is 3.38. The van der Waals surface area contributed by atoms with Gasteiger partial charge in [0.25, 0.3) is 5.91 Å². The molecule has 0 saturated carbocycles. The van der Waals surface area contributed by atoms with E-state index in [9.17, 15) is 4.79 Å². The summed E-state index contributed by atoms with van der Waals surface area (Å²) in [7, 11) is 0. The number of nitriles is 1. The Hall–Kier alpha value is -2.28. The van der Waals surface area contributed by atoms with E-state index in [-0.39, 0.29) is 5.91 Å². The van der Waals surface area contributed by atoms with Gasteiger partial charge in [0.15, 0.2) is 6.19 Å². The highest BCUT2D eigenvalue weighted by Crippen LogP contribution is 2.13. The molecule has 2 N–H and O–H groups in total. The molecule has 1 amide bonds. The van der Waals surface area contributed by atoms with E-state index in [0.717, 1.165) is 0 Å². The van der Waals surface area contributed by atoms with Gasteiger partial charge >= 0.3 is 0 Å². The van der Waals surface area contributed by atoms with Gasteiger partial charge in [-0.1, -0.05) is 18.2 Å². The van der Waals surface area contributed by atoms with Gasteiger partial charge in [-0.2, -0.15) is 5.26 Å². The molecule has 0 heterocycles. The number of carbonyl (C=O) groups excluding carboxylic acids is 1. The van der Waals surface area contributed by atoms with Crippen LogP contribution < -0.4 is 10.6 Å². The number of amides is 1. The number of anilines is 1. The largest absolute Gasteiger partial charge is 0.349 e. The zero-order valence-electron chi connectivity index (χ0n) is 8.16. The Balaban J connectivity index is 2.87. The van der Waals surface area contributed by atoms with Gasteiger partial charge in [0.2, 0.25) is 0 Å². The molecule has 1 rings (SSSR count). The third-order valence-electron chi connectivity index (χ3n) is 1.77. The Kier molecular flexibility index (Phi) is 3.92. The number of carbonyl (C=O) groups is 1. The number of hydrogen-bond acceptors (Lipinski definition) is 3. The average molecular weight is 201 g/mol. The number of rotatable bonds is 4. The first-order chi connectivity index (χ1) is 7.29. The quantitative estimate of drug-likeness (QED) is 0.440. The van der Waals surface area contributed by atoms with Gasteiger partial charge in [0, 0.05) is 6.54 Å². The van der Waals surface area contributed by atoms with E-state index in [0.29, 0.717) is 17.8 Å². The molecular formula is C11H11N3O. The fourth-order valence-electron chi connectivity index (χ4n) is 1.11. The monoisotopic (exact) mass is 201 g/mol. The molecule has 0 radical (unpaired) electrons. The van der Waals surface area contributed by atoms with Crippen LogP contribution in [0.4, 0.5) is 5.69 Å². The highest BCUT2D eigenvalue weighted by atomic mass is 16.1. The smallest absolute Gasteiger partial charge is 0.253 e. The second-order valence-corrected chi connectivity index (χ2v) is 2.78. The minimum absolute atomic E-state index is 0.228. The van der Waals surface area contributed by atoms with Gasteiger partial charge in [0.05, 0.1) is 11.3 Å². The normalized spacial score (nSPS) is 8.73. The molecule has 1 aromatic rings. The molecule has 0 aliphatic rings. The molecule has 15 heavy (non-hydrogen) atoms. The van der Waals surface area contributed by atoms with Crippen molar-refractivity contribution in [1.82, 2.24) is 5.32 Å². The molecule has 0 fully saturated rings. The fourth-order valence-corrected chi connectivity index (χ4v) is 1.11. The van der Waals surface area contributed by atoms with E-state index in [4.69, 9.17) is 5.26 Å². The Morgan fingerprint density at radius 3 is 2.93 bits per heavy atom. The van der Waals surface area contributed by atoms with Crippen LogP contribution in [0.15, 0.2) is 36.9 Å². The van der Waals surface area contributed by atoms with Crippen LogP contribution in [-0.4, -0.2) is 12.5 Å². The lowest BCUT2D eigenvalue weighted by molar-refractivity contribution is 0.0959. The van der Waals surface area contributed by atoms with E-state index in [1.54, 1.807) is 36.5 Å². The molecule has 0 spiro atoms. The molecule has 1 aromatic carbocycles. The van der Waals surface area contributed by atoms with Crippen molar-refractivity contribution in [3.63, 3.8) is 0 Å². The van der Waals surface area contributed by atoms with Crippen LogP contribution in [0.2, 0.25) is 0 Å². The van der Waals surface area contributed by atoms with Gasteiger partial charge in [-0.25, -0.2) is 0 Å². The maximum Gasteiger partial charge on any atom is 0.253 e. The van der Waals surface area contributed by atoms with Crippen LogP contribution >= 0.6 is 0 Å². The summed E-state index contributed by atoms with van der Waals surface area (Å²) in [6.45, 7) is 3.90. The summed E-state index contributed by atoms with van der Waals surface area (Å²) >= 11 is 0. The third-order valence-corrected chi connectivity index (χ3v) is 1.77. The second-order valence-electron chi connectivity index (χ2n) is 2.78. The zero-order valence-corrected chi connectivity index (χ0v) is 8.16. The first kappa shape index (κ1) is 10.8. The van der Waals surface area contributed by atoms with Gasteiger partial charge in [-0.05, 0) is 12.1 Å². The molecule has 0 aromatic heterocycles. The van der Waals surface area contributed by atoms with Crippen LogP contribution in [0.25, 0.3) is 0 Å². The Morgan fingerprint density at radius 2 is 2.27 bits per heavy atom. The maximum absolute atomic E-state index is 11.6. The van der Waals surface area contributed by atoms with E-state index in [2.05, 4.69) is 17.2 Å².